The molecule has 2 aromatic heterocycles. The van der Waals surface area contributed by atoms with E-state index in [2.05, 4.69) is 20.5 Å². The van der Waals surface area contributed by atoms with E-state index in [0.717, 1.165) is 30.3 Å². The molecule has 2 rings (SSSR count). The molecule has 0 radical (unpaired) electrons. The van der Waals surface area contributed by atoms with E-state index in [-0.39, 0.29) is 0 Å². The van der Waals surface area contributed by atoms with Crippen LogP contribution in [-0.4, -0.2) is 26.3 Å². The number of aryl methyl sites for hydroxylation is 1. The highest BCUT2D eigenvalue weighted by molar-refractivity contribution is 5.42. The van der Waals surface area contributed by atoms with Gasteiger partial charge in [-0.2, -0.15) is 5.26 Å². The molecule has 0 aromatic carbocycles. The van der Waals surface area contributed by atoms with Crippen LogP contribution in [0, 0.1) is 18.3 Å². The number of hydrogen-bond acceptors (Lipinski definition) is 5. The van der Waals surface area contributed by atoms with Crippen LogP contribution in [0.1, 0.15) is 17.3 Å². The van der Waals surface area contributed by atoms with E-state index in [1.807, 2.05) is 30.7 Å². The Morgan fingerprint density at radius 1 is 1.39 bits per heavy atom. The van der Waals surface area contributed by atoms with Crippen molar-refractivity contribution in [1.29, 1.82) is 5.26 Å². The van der Waals surface area contributed by atoms with E-state index in [9.17, 15) is 0 Å². The molecule has 0 spiro atoms. The van der Waals surface area contributed by atoms with Gasteiger partial charge in [-0.1, -0.05) is 0 Å². The summed E-state index contributed by atoms with van der Waals surface area (Å²) in [4.78, 5) is 3.99. The van der Waals surface area contributed by atoms with Crippen molar-refractivity contribution in [3.8, 4) is 6.07 Å². The maximum Gasteiger partial charge on any atom is 0.140 e. The number of aromatic nitrogens is 4. The maximum atomic E-state index is 8.64. The molecule has 0 amide bonds. The summed E-state index contributed by atoms with van der Waals surface area (Å²) in [5.74, 6) is 1.85. The van der Waals surface area contributed by atoms with Crippen LogP contribution in [-0.2, 0) is 13.5 Å². The molecule has 6 heteroatoms. The Morgan fingerprint density at radius 3 is 2.78 bits per heavy atom. The van der Waals surface area contributed by atoms with Crippen molar-refractivity contribution in [2.45, 2.75) is 13.3 Å². The van der Waals surface area contributed by atoms with Gasteiger partial charge in [-0.3, -0.25) is 0 Å². The number of nitrogens with one attached hydrogen (secondary N) is 1. The summed E-state index contributed by atoms with van der Waals surface area (Å²) in [6.45, 7) is 2.67. The lowest BCUT2D eigenvalue weighted by Gasteiger charge is -2.05. The lowest BCUT2D eigenvalue weighted by Crippen LogP contribution is -2.09. The minimum Gasteiger partial charge on any atom is -0.383 e. The van der Waals surface area contributed by atoms with E-state index in [1.54, 1.807) is 12.3 Å². The van der Waals surface area contributed by atoms with Gasteiger partial charge in [0.05, 0.1) is 11.9 Å². The van der Waals surface area contributed by atoms with Crippen LogP contribution in [0.4, 0.5) is 5.69 Å². The number of nitrogens with zero attached hydrogens (tertiary/aromatic N) is 5. The smallest absolute Gasteiger partial charge is 0.140 e. The van der Waals surface area contributed by atoms with Crippen LogP contribution in [0.15, 0.2) is 18.3 Å². The molecule has 0 aliphatic heterocycles. The van der Waals surface area contributed by atoms with Gasteiger partial charge in [-0.15, -0.1) is 10.2 Å². The normalized spacial score (nSPS) is 10.1. The quantitative estimate of drug-likeness (QED) is 0.866. The van der Waals surface area contributed by atoms with Crippen LogP contribution in [0.5, 0.6) is 0 Å². The first kappa shape index (κ1) is 12.0. The third kappa shape index (κ3) is 2.63. The highest BCUT2D eigenvalue weighted by atomic mass is 15.3. The second-order valence-electron chi connectivity index (χ2n) is 3.94. The topological polar surface area (TPSA) is 79.4 Å². The lowest BCUT2D eigenvalue weighted by molar-refractivity contribution is 0.770. The molecule has 0 saturated carbocycles. The van der Waals surface area contributed by atoms with Gasteiger partial charge < -0.3 is 9.88 Å². The van der Waals surface area contributed by atoms with Gasteiger partial charge in [0.25, 0.3) is 0 Å². The Kier molecular flexibility index (Phi) is 3.53. The molecule has 0 saturated heterocycles. The van der Waals surface area contributed by atoms with Gasteiger partial charge in [0.1, 0.15) is 23.4 Å². The largest absolute Gasteiger partial charge is 0.383 e. The summed E-state index contributed by atoms with van der Waals surface area (Å²) in [7, 11) is 1.95. The first-order valence-electron chi connectivity index (χ1n) is 5.65. The zero-order valence-corrected chi connectivity index (χ0v) is 10.4. The molecule has 0 bridgehead atoms. The number of nitriles is 1. The van der Waals surface area contributed by atoms with E-state index >= 15 is 0 Å². The Hall–Kier alpha value is -2.42. The zero-order valence-electron chi connectivity index (χ0n) is 10.4. The van der Waals surface area contributed by atoms with Gasteiger partial charge in [0.15, 0.2) is 0 Å². The summed E-state index contributed by atoms with van der Waals surface area (Å²) in [6.07, 6.45) is 2.44. The fourth-order valence-corrected chi connectivity index (χ4v) is 1.55. The fourth-order valence-electron chi connectivity index (χ4n) is 1.55. The Labute approximate surface area is 105 Å². The molecule has 6 nitrogen and oxygen atoms in total. The van der Waals surface area contributed by atoms with Crippen molar-refractivity contribution in [3.63, 3.8) is 0 Å². The predicted octanol–water partition coefficient (Wildman–Crippen LogP) is 1.04. The molecule has 0 aliphatic rings. The molecular formula is C12H14N6. The average molecular weight is 242 g/mol. The highest BCUT2D eigenvalue weighted by Gasteiger charge is 2.04. The molecule has 2 aromatic rings. The lowest BCUT2D eigenvalue weighted by atomic mass is 10.3. The van der Waals surface area contributed by atoms with E-state index in [0.29, 0.717) is 5.69 Å². The Bertz CT molecular complexity index is 563. The van der Waals surface area contributed by atoms with Gasteiger partial charge in [0.2, 0.25) is 0 Å². The van der Waals surface area contributed by atoms with E-state index in [4.69, 9.17) is 5.26 Å². The molecular weight excluding hydrogens is 228 g/mol. The summed E-state index contributed by atoms with van der Waals surface area (Å²) < 4.78 is 1.97. The number of hydrogen-bond donors (Lipinski definition) is 1. The number of anilines is 1. The molecule has 0 unspecified atom stereocenters. The fraction of sp³-hybridized carbons (Fsp3) is 0.333. The summed E-state index contributed by atoms with van der Waals surface area (Å²) in [6, 6.07) is 5.52. The van der Waals surface area contributed by atoms with Crippen molar-refractivity contribution < 1.29 is 0 Å². The first-order valence-corrected chi connectivity index (χ1v) is 5.65. The summed E-state index contributed by atoms with van der Waals surface area (Å²) in [5.41, 5.74) is 1.32. The van der Waals surface area contributed by atoms with Crippen molar-refractivity contribution in [1.82, 2.24) is 19.7 Å². The van der Waals surface area contributed by atoms with Crippen LogP contribution >= 0.6 is 0 Å². The highest BCUT2D eigenvalue weighted by Crippen LogP contribution is 2.06. The van der Waals surface area contributed by atoms with E-state index in [1.165, 1.54) is 0 Å². The molecule has 1 N–H and O–H groups in total. The molecule has 18 heavy (non-hydrogen) atoms. The second-order valence-corrected chi connectivity index (χ2v) is 3.94. The van der Waals surface area contributed by atoms with Crippen molar-refractivity contribution in [2.75, 3.05) is 11.9 Å². The SMILES string of the molecule is Cc1nnc(CCNc2ccc(C#N)nc2)n1C. The summed E-state index contributed by atoms with van der Waals surface area (Å²) >= 11 is 0. The summed E-state index contributed by atoms with van der Waals surface area (Å²) in [5, 5.41) is 20.0. The molecule has 0 aliphatic carbocycles. The van der Waals surface area contributed by atoms with Crippen LogP contribution in [0.3, 0.4) is 0 Å². The molecule has 2 heterocycles. The standard InChI is InChI=1S/C12H14N6/c1-9-16-17-12(18(9)2)5-6-14-11-4-3-10(7-13)15-8-11/h3-4,8,14H,5-6H2,1-2H3. The van der Waals surface area contributed by atoms with Crippen LogP contribution < -0.4 is 5.32 Å². The average Bonchev–Trinajstić information content (AvgIpc) is 2.71. The molecule has 0 atom stereocenters. The van der Waals surface area contributed by atoms with Gasteiger partial charge in [-0.25, -0.2) is 4.98 Å². The minimum absolute atomic E-state index is 0.421. The van der Waals surface area contributed by atoms with E-state index < -0.39 is 0 Å². The Balaban J connectivity index is 1.88. The minimum atomic E-state index is 0.421. The van der Waals surface area contributed by atoms with Gasteiger partial charge in [0, 0.05) is 20.0 Å². The van der Waals surface area contributed by atoms with Crippen molar-refractivity contribution in [3.05, 3.63) is 35.7 Å². The van der Waals surface area contributed by atoms with Gasteiger partial charge in [-0.05, 0) is 19.1 Å². The zero-order chi connectivity index (χ0) is 13.0. The van der Waals surface area contributed by atoms with Crippen molar-refractivity contribution in [2.24, 2.45) is 7.05 Å². The predicted molar refractivity (Wildman–Crippen MR) is 66.9 cm³/mol. The molecule has 0 fully saturated rings. The maximum absolute atomic E-state index is 8.64. The van der Waals surface area contributed by atoms with Crippen molar-refractivity contribution >= 4 is 5.69 Å². The molecule has 92 valence electrons. The monoisotopic (exact) mass is 242 g/mol. The van der Waals surface area contributed by atoms with Crippen LogP contribution in [0.2, 0.25) is 0 Å². The first-order chi connectivity index (χ1) is 8.70. The van der Waals surface area contributed by atoms with Crippen LogP contribution in [0.25, 0.3) is 0 Å². The third-order valence-electron chi connectivity index (χ3n) is 2.74. The Morgan fingerprint density at radius 2 is 2.22 bits per heavy atom. The second kappa shape index (κ2) is 5.27. The number of rotatable bonds is 4. The van der Waals surface area contributed by atoms with Gasteiger partial charge >= 0.3 is 0 Å². The number of pyridine rings is 1. The third-order valence-corrected chi connectivity index (χ3v) is 2.74.